The summed E-state index contributed by atoms with van der Waals surface area (Å²) >= 11 is 0. The molecule has 3 rings (SSSR count). The van der Waals surface area contributed by atoms with E-state index in [4.69, 9.17) is 5.73 Å². The van der Waals surface area contributed by atoms with Gasteiger partial charge >= 0.3 is 0 Å². The van der Waals surface area contributed by atoms with Crippen molar-refractivity contribution in [3.8, 4) is 0 Å². The fourth-order valence-corrected chi connectivity index (χ4v) is 2.96. The first-order valence-corrected chi connectivity index (χ1v) is 6.60. The molecule has 1 amide bonds. The molecule has 1 atom stereocenters. The van der Waals surface area contributed by atoms with Crippen LogP contribution in [0.4, 0.5) is 17.1 Å². The lowest BCUT2D eigenvalue weighted by Gasteiger charge is -2.33. The highest BCUT2D eigenvalue weighted by Gasteiger charge is 2.23. The molecular formula is C14H19N3O. The number of benzene rings is 1. The average Bonchev–Trinajstić information content (AvgIpc) is 2.67. The number of hydrogen-bond donors (Lipinski definition) is 2. The Hall–Kier alpha value is -1.71. The molecule has 0 saturated carbocycles. The lowest BCUT2D eigenvalue weighted by atomic mass is 9.99. The molecule has 1 aromatic rings. The van der Waals surface area contributed by atoms with Crippen LogP contribution < -0.4 is 16.0 Å². The maximum absolute atomic E-state index is 11.4. The van der Waals surface area contributed by atoms with Gasteiger partial charge in [0.05, 0.1) is 17.8 Å². The Morgan fingerprint density at radius 1 is 1.44 bits per heavy atom. The fourth-order valence-electron chi connectivity index (χ4n) is 2.96. The Labute approximate surface area is 107 Å². The van der Waals surface area contributed by atoms with Crippen LogP contribution in [-0.4, -0.2) is 19.0 Å². The van der Waals surface area contributed by atoms with Gasteiger partial charge in [0.2, 0.25) is 5.91 Å². The van der Waals surface area contributed by atoms with E-state index in [0.29, 0.717) is 12.3 Å². The minimum Gasteiger partial charge on any atom is -0.397 e. The molecule has 4 nitrogen and oxygen atoms in total. The Morgan fingerprint density at radius 3 is 3.06 bits per heavy atom. The SMILES string of the molecule is CC1CCCN(c2cc3c(cc2N)CC(=O)N3)C1. The largest absolute Gasteiger partial charge is 0.397 e. The minimum absolute atomic E-state index is 0.0635. The molecule has 3 N–H and O–H groups in total. The van der Waals surface area contributed by atoms with Crippen molar-refractivity contribution >= 4 is 23.0 Å². The van der Waals surface area contributed by atoms with E-state index in [9.17, 15) is 4.79 Å². The van der Waals surface area contributed by atoms with Crippen molar-refractivity contribution in [3.63, 3.8) is 0 Å². The van der Waals surface area contributed by atoms with Gasteiger partial charge in [-0.05, 0) is 36.5 Å². The summed E-state index contributed by atoms with van der Waals surface area (Å²) in [6.07, 6.45) is 2.96. The number of piperidine rings is 1. The summed E-state index contributed by atoms with van der Waals surface area (Å²) in [7, 11) is 0. The summed E-state index contributed by atoms with van der Waals surface area (Å²) < 4.78 is 0. The zero-order chi connectivity index (χ0) is 12.7. The van der Waals surface area contributed by atoms with Crippen LogP contribution in [0.5, 0.6) is 0 Å². The van der Waals surface area contributed by atoms with E-state index >= 15 is 0 Å². The molecule has 0 aliphatic carbocycles. The zero-order valence-corrected chi connectivity index (χ0v) is 10.7. The second kappa shape index (κ2) is 4.19. The molecule has 2 aliphatic heterocycles. The van der Waals surface area contributed by atoms with Crippen LogP contribution >= 0.6 is 0 Å². The van der Waals surface area contributed by atoms with E-state index in [1.807, 2.05) is 12.1 Å². The highest BCUT2D eigenvalue weighted by Crippen LogP contribution is 2.35. The molecule has 1 aromatic carbocycles. The molecule has 1 unspecified atom stereocenters. The van der Waals surface area contributed by atoms with Crippen LogP contribution in [0.15, 0.2) is 12.1 Å². The normalized spacial score (nSPS) is 22.8. The monoisotopic (exact) mass is 245 g/mol. The van der Waals surface area contributed by atoms with Gasteiger partial charge in [-0.1, -0.05) is 6.92 Å². The third-order valence-corrected chi connectivity index (χ3v) is 3.88. The van der Waals surface area contributed by atoms with Gasteiger partial charge in [-0.15, -0.1) is 0 Å². The van der Waals surface area contributed by atoms with Crippen LogP contribution in [0.1, 0.15) is 25.3 Å². The number of nitrogen functional groups attached to an aromatic ring is 1. The van der Waals surface area contributed by atoms with Crippen LogP contribution in [0, 0.1) is 5.92 Å². The maximum Gasteiger partial charge on any atom is 0.228 e. The first-order valence-electron chi connectivity index (χ1n) is 6.60. The van der Waals surface area contributed by atoms with Crippen LogP contribution in [-0.2, 0) is 11.2 Å². The van der Waals surface area contributed by atoms with Gasteiger partial charge in [0.15, 0.2) is 0 Å². The Bertz CT molecular complexity index is 498. The molecule has 18 heavy (non-hydrogen) atoms. The Balaban J connectivity index is 1.93. The number of nitrogens with two attached hydrogens (primary N) is 1. The lowest BCUT2D eigenvalue weighted by molar-refractivity contribution is -0.115. The zero-order valence-electron chi connectivity index (χ0n) is 10.7. The summed E-state index contributed by atoms with van der Waals surface area (Å²) in [5, 5.41) is 2.89. The van der Waals surface area contributed by atoms with Crippen LogP contribution in [0.2, 0.25) is 0 Å². The maximum atomic E-state index is 11.4. The van der Waals surface area contributed by atoms with Gasteiger partial charge in [-0.2, -0.15) is 0 Å². The molecule has 0 aromatic heterocycles. The predicted molar refractivity (Wildman–Crippen MR) is 73.8 cm³/mol. The van der Waals surface area contributed by atoms with Gasteiger partial charge in [-0.3, -0.25) is 4.79 Å². The van der Waals surface area contributed by atoms with Crippen LogP contribution in [0.3, 0.4) is 0 Å². The van der Waals surface area contributed by atoms with E-state index < -0.39 is 0 Å². The first-order chi connectivity index (χ1) is 8.63. The summed E-state index contributed by atoms with van der Waals surface area (Å²) in [6.45, 7) is 4.38. The molecule has 1 fully saturated rings. The molecule has 4 heteroatoms. The standard InChI is InChI=1S/C14H19N3O/c1-9-3-2-4-17(8-9)13-7-12-10(5-11(13)15)6-14(18)16-12/h5,7,9H,2-4,6,8,15H2,1H3,(H,16,18). The second-order valence-electron chi connectivity index (χ2n) is 5.49. The number of nitrogens with one attached hydrogen (secondary N) is 1. The number of carbonyl (C=O) groups excluding carboxylic acids is 1. The summed E-state index contributed by atoms with van der Waals surface area (Å²) in [5.41, 5.74) is 9.95. The van der Waals surface area contributed by atoms with Gasteiger partial charge in [0.1, 0.15) is 0 Å². The van der Waals surface area contributed by atoms with Crippen LogP contribution in [0.25, 0.3) is 0 Å². The van der Waals surface area contributed by atoms with Gasteiger partial charge in [-0.25, -0.2) is 0 Å². The highest BCUT2D eigenvalue weighted by molar-refractivity contribution is 6.00. The molecule has 1 saturated heterocycles. The first kappa shape index (κ1) is 11.4. The lowest BCUT2D eigenvalue weighted by Crippen LogP contribution is -2.34. The third kappa shape index (κ3) is 1.92. The molecule has 2 aliphatic rings. The van der Waals surface area contributed by atoms with Crippen molar-refractivity contribution in [1.29, 1.82) is 0 Å². The number of fused-ring (bicyclic) bond motifs is 1. The summed E-state index contributed by atoms with van der Waals surface area (Å²) in [6, 6.07) is 3.98. The number of anilines is 3. The minimum atomic E-state index is 0.0635. The summed E-state index contributed by atoms with van der Waals surface area (Å²) in [4.78, 5) is 13.7. The number of amides is 1. The van der Waals surface area contributed by atoms with E-state index in [1.165, 1.54) is 12.8 Å². The van der Waals surface area contributed by atoms with Crippen molar-refractivity contribution in [3.05, 3.63) is 17.7 Å². The molecule has 0 radical (unpaired) electrons. The van der Waals surface area contributed by atoms with E-state index in [1.54, 1.807) is 0 Å². The fraction of sp³-hybridized carbons (Fsp3) is 0.500. The number of nitrogens with zero attached hydrogens (tertiary/aromatic N) is 1. The molecular weight excluding hydrogens is 226 g/mol. The second-order valence-corrected chi connectivity index (χ2v) is 5.49. The van der Waals surface area contributed by atoms with E-state index in [2.05, 4.69) is 17.1 Å². The number of hydrogen-bond acceptors (Lipinski definition) is 3. The Morgan fingerprint density at radius 2 is 2.28 bits per heavy atom. The molecule has 0 bridgehead atoms. The Kier molecular flexibility index (Phi) is 2.65. The van der Waals surface area contributed by atoms with Crippen molar-refractivity contribution in [1.82, 2.24) is 0 Å². The van der Waals surface area contributed by atoms with Gasteiger partial charge < -0.3 is 16.0 Å². The molecule has 96 valence electrons. The number of carbonyl (C=O) groups is 1. The van der Waals surface area contributed by atoms with Crippen molar-refractivity contribution in [2.45, 2.75) is 26.2 Å². The highest BCUT2D eigenvalue weighted by atomic mass is 16.1. The summed E-state index contributed by atoms with van der Waals surface area (Å²) in [5.74, 6) is 0.773. The van der Waals surface area contributed by atoms with E-state index in [-0.39, 0.29) is 5.91 Å². The van der Waals surface area contributed by atoms with Crippen molar-refractivity contribution in [2.24, 2.45) is 5.92 Å². The predicted octanol–water partition coefficient (Wildman–Crippen LogP) is 2.00. The quantitative estimate of drug-likeness (QED) is 0.744. The van der Waals surface area contributed by atoms with E-state index in [0.717, 1.165) is 35.7 Å². The van der Waals surface area contributed by atoms with Crippen molar-refractivity contribution < 1.29 is 4.79 Å². The smallest absolute Gasteiger partial charge is 0.228 e. The molecule has 0 spiro atoms. The van der Waals surface area contributed by atoms with Gasteiger partial charge in [0, 0.05) is 18.8 Å². The topological polar surface area (TPSA) is 58.4 Å². The van der Waals surface area contributed by atoms with Gasteiger partial charge in [0.25, 0.3) is 0 Å². The average molecular weight is 245 g/mol. The van der Waals surface area contributed by atoms with Crippen molar-refractivity contribution in [2.75, 3.05) is 29.0 Å². The number of rotatable bonds is 1. The third-order valence-electron chi connectivity index (χ3n) is 3.88. The molecule has 2 heterocycles.